The molecular formula is C19H17N3O4S. The van der Waals surface area contributed by atoms with Gasteiger partial charge in [-0.1, -0.05) is 18.2 Å². The fourth-order valence-corrected chi connectivity index (χ4v) is 2.98. The van der Waals surface area contributed by atoms with Crippen molar-refractivity contribution >= 4 is 34.0 Å². The summed E-state index contributed by atoms with van der Waals surface area (Å²) in [5, 5.41) is 7.33. The van der Waals surface area contributed by atoms with Crippen molar-refractivity contribution < 1.29 is 19.1 Å². The molecule has 2 N–H and O–H groups in total. The molecule has 0 saturated carbocycles. The van der Waals surface area contributed by atoms with Gasteiger partial charge in [0.15, 0.2) is 5.13 Å². The fraction of sp³-hybridized carbons (Fsp3) is 0.105. The lowest BCUT2D eigenvalue weighted by atomic mass is 10.2. The Bertz CT molecular complexity index is 957. The van der Waals surface area contributed by atoms with Crippen LogP contribution in [0.1, 0.15) is 20.8 Å². The molecule has 8 heteroatoms. The molecule has 0 aliphatic rings. The molecule has 0 aliphatic heterocycles. The number of nitrogens with zero attached hydrogens (tertiary/aromatic N) is 1. The van der Waals surface area contributed by atoms with Crippen molar-refractivity contribution in [3.05, 3.63) is 65.2 Å². The van der Waals surface area contributed by atoms with E-state index < -0.39 is 5.91 Å². The molecule has 138 valence electrons. The molecule has 0 saturated heterocycles. The summed E-state index contributed by atoms with van der Waals surface area (Å²) in [4.78, 5) is 28.8. The van der Waals surface area contributed by atoms with Gasteiger partial charge in [-0.3, -0.25) is 14.9 Å². The van der Waals surface area contributed by atoms with Crippen molar-refractivity contribution in [2.45, 2.75) is 0 Å². The van der Waals surface area contributed by atoms with E-state index in [0.29, 0.717) is 27.9 Å². The maximum absolute atomic E-state index is 12.5. The maximum atomic E-state index is 12.5. The van der Waals surface area contributed by atoms with Crippen molar-refractivity contribution in [1.82, 2.24) is 4.98 Å². The summed E-state index contributed by atoms with van der Waals surface area (Å²) in [6.45, 7) is 0. The van der Waals surface area contributed by atoms with Crippen molar-refractivity contribution in [3.63, 3.8) is 0 Å². The number of thiazole rings is 1. The van der Waals surface area contributed by atoms with Crippen molar-refractivity contribution in [2.75, 3.05) is 24.9 Å². The number of nitrogens with one attached hydrogen (secondary N) is 2. The summed E-state index contributed by atoms with van der Waals surface area (Å²) >= 11 is 1.17. The van der Waals surface area contributed by atoms with Gasteiger partial charge in [-0.25, -0.2) is 4.98 Å². The van der Waals surface area contributed by atoms with E-state index in [1.54, 1.807) is 47.8 Å². The van der Waals surface area contributed by atoms with E-state index in [9.17, 15) is 9.59 Å². The molecular weight excluding hydrogens is 366 g/mol. The van der Waals surface area contributed by atoms with Gasteiger partial charge in [-0.2, -0.15) is 0 Å². The molecule has 7 nitrogen and oxygen atoms in total. The molecule has 0 radical (unpaired) electrons. The molecule has 3 rings (SSSR count). The average Bonchev–Trinajstić information content (AvgIpc) is 3.17. The number of ether oxygens (including phenoxy) is 2. The molecule has 3 aromatic rings. The van der Waals surface area contributed by atoms with Gasteiger partial charge >= 0.3 is 0 Å². The van der Waals surface area contributed by atoms with E-state index in [4.69, 9.17) is 9.47 Å². The van der Waals surface area contributed by atoms with Crippen LogP contribution in [0.2, 0.25) is 0 Å². The zero-order valence-electron chi connectivity index (χ0n) is 14.7. The molecule has 0 aliphatic carbocycles. The van der Waals surface area contributed by atoms with Gasteiger partial charge in [-0.15, -0.1) is 11.3 Å². The third-order valence-corrected chi connectivity index (χ3v) is 4.41. The van der Waals surface area contributed by atoms with Gasteiger partial charge in [0, 0.05) is 17.0 Å². The minimum atomic E-state index is -0.419. The first-order valence-electron chi connectivity index (χ1n) is 7.96. The van der Waals surface area contributed by atoms with Crippen LogP contribution in [0.15, 0.2) is 53.9 Å². The Morgan fingerprint density at radius 1 is 0.963 bits per heavy atom. The SMILES string of the molecule is COc1ccc(OC)c(NC(=O)c2csc(NC(=O)c3ccccc3)n2)c1. The van der Waals surface area contributed by atoms with Crippen LogP contribution in [-0.4, -0.2) is 31.0 Å². The summed E-state index contributed by atoms with van der Waals surface area (Å²) in [7, 11) is 3.05. The second kappa shape index (κ2) is 8.33. The third kappa shape index (κ3) is 4.42. The van der Waals surface area contributed by atoms with Crippen LogP contribution < -0.4 is 20.1 Å². The summed E-state index contributed by atoms with van der Waals surface area (Å²) in [5.41, 5.74) is 1.16. The van der Waals surface area contributed by atoms with E-state index in [-0.39, 0.29) is 11.6 Å². The van der Waals surface area contributed by atoms with Gasteiger partial charge in [-0.05, 0) is 24.3 Å². The van der Waals surface area contributed by atoms with E-state index in [1.165, 1.54) is 25.6 Å². The quantitative estimate of drug-likeness (QED) is 0.678. The Kier molecular flexibility index (Phi) is 5.68. The van der Waals surface area contributed by atoms with Gasteiger partial charge in [0.05, 0.1) is 19.9 Å². The summed E-state index contributed by atoms with van der Waals surface area (Å²) in [6.07, 6.45) is 0. The zero-order chi connectivity index (χ0) is 19.2. The smallest absolute Gasteiger partial charge is 0.275 e. The van der Waals surface area contributed by atoms with Crippen LogP contribution in [0.3, 0.4) is 0 Å². The average molecular weight is 383 g/mol. The number of benzene rings is 2. The number of carbonyl (C=O) groups excluding carboxylic acids is 2. The minimum absolute atomic E-state index is 0.188. The van der Waals surface area contributed by atoms with Crippen LogP contribution in [0.5, 0.6) is 11.5 Å². The van der Waals surface area contributed by atoms with Crippen LogP contribution >= 0.6 is 11.3 Å². The largest absolute Gasteiger partial charge is 0.497 e. The number of anilines is 2. The number of aromatic nitrogens is 1. The molecule has 2 aromatic carbocycles. The zero-order valence-corrected chi connectivity index (χ0v) is 15.5. The fourth-order valence-electron chi connectivity index (χ4n) is 2.29. The topological polar surface area (TPSA) is 89.5 Å². The molecule has 2 amide bonds. The lowest BCUT2D eigenvalue weighted by Gasteiger charge is -2.10. The second-order valence-corrected chi connectivity index (χ2v) is 6.24. The molecule has 1 aromatic heterocycles. The number of methoxy groups -OCH3 is 2. The summed E-state index contributed by atoms with van der Waals surface area (Å²) in [5.74, 6) is 0.376. The molecule has 27 heavy (non-hydrogen) atoms. The summed E-state index contributed by atoms with van der Waals surface area (Å²) in [6, 6.07) is 13.9. The molecule has 0 bridgehead atoms. The third-order valence-electron chi connectivity index (χ3n) is 3.65. The van der Waals surface area contributed by atoms with Crippen LogP contribution in [-0.2, 0) is 0 Å². The Balaban J connectivity index is 1.71. The van der Waals surface area contributed by atoms with Crippen LogP contribution in [0, 0.1) is 0 Å². The Labute approximate surface area is 160 Å². The first-order chi connectivity index (χ1) is 13.1. The van der Waals surface area contributed by atoms with Crippen LogP contribution in [0.4, 0.5) is 10.8 Å². The highest BCUT2D eigenvalue weighted by Crippen LogP contribution is 2.29. The van der Waals surface area contributed by atoms with Gasteiger partial charge in [0.2, 0.25) is 0 Å². The number of amides is 2. The van der Waals surface area contributed by atoms with E-state index >= 15 is 0 Å². The lowest BCUT2D eigenvalue weighted by Crippen LogP contribution is -2.14. The second-order valence-electron chi connectivity index (χ2n) is 5.38. The molecule has 1 heterocycles. The lowest BCUT2D eigenvalue weighted by molar-refractivity contribution is 0.101. The molecule has 0 unspecified atom stereocenters. The monoisotopic (exact) mass is 383 g/mol. The number of hydrogen-bond acceptors (Lipinski definition) is 6. The van der Waals surface area contributed by atoms with E-state index in [0.717, 1.165) is 0 Å². The standard InChI is InChI=1S/C19H17N3O4S/c1-25-13-8-9-16(26-2)14(10-13)20-18(24)15-11-27-19(21-15)22-17(23)12-6-4-3-5-7-12/h3-11H,1-2H3,(H,20,24)(H,21,22,23). The van der Waals surface area contributed by atoms with Crippen LogP contribution in [0.25, 0.3) is 0 Å². The normalized spacial score (nSPS) is 10.1. The summed E-state index contributed by atoms with van der Waals surface area (Å²) < 4.78 is 10.4. The first-order valence-corrected chi connectivity index (χ1v) is 8.84. The highest BCUT2D eigenvalue weighted by atomic mass is 32.1. The van der Waals surface area contributed by atoms with Gasteiger partial charge in [0.1, 0.15) is 17.2 Å². The first kappa shape index (κ1) is 18.4. The Hall–Kier alpha value is -3.39. The van der Waals surface area contributed by atoms with Crippen molar-refractivity contribution in [1.29, 1.82) is 0 Å². The van der Waals surface area contributed by atoms with Gasteiger partial charge in [0.25, 0.3) is 11.8 Å². The maximum Gasteiger partial charge on any atom is 0.275 e. The predicted molar refractivity (Wildman–Crippen MR) is 104 cm³/mol. The predicted octanol–water partition coefficient (Wildman–Crippen LogP) is 3.66. The van der Waals surface area contributed by atoms with Gasteiger partial charge < -0.3 is 14.8 Å². The van der Waals surface area contributed by atoms with E-state index in [1.807, 2.05) is 6.07 Å². The molecule has 0 fully saturated rings. The number of hydrogen-bond donors (Lipinski definition) is 2. The molecule has 0 atom stereocenters. The highest BCUT2D eigenvalue weighted by Gasteiger charge is 2.15. The van der Waals surface area contributed by atoms with Crippen molar-refractivity contribution in [3.8, 4) is 11.5 Å². The van der Waals surface area contributed by atoms with E-state index in [2.05, 4.69) is 15.6 Å². The minimum Gasteiger partial charge on any atom is -0.497 e. The Morgan fingerprint density at radius 3 is 2.44 bits per heavy atom. The Morgan fingerprint density at radius 2 is 1.74 bits per heavy atom. The number of carbonyl (C=O) groups is 2. The molecule has 0 spiro atoms. The highest BCUT2D eigenvalue weighted by molar-refractivity contribution is 7.14. The van der Waals surface area contributed by atoms with Crippen molar-refractivity contribution in [2.24, 2.45) is 0 Å². The number of rotatable bonds is 6.